The fourth-order valence-electron chi connectivity index (χ4n) is 1.56. The second-order valence-electron chi connectivity index (χ2n) is 3.80. The molecule has 2 aromatic rings. The van der Waals surface area contributed by atoms with Crippen LogP contribution in [0.4, 0.5) is 5.69 Å². The van der Waals surface area contributed by atoms with E-state index in [1.54, 1.807) is 6.20 Å². The first-order valence-corrected chi connectivity index (χ1v) is 5.63. The van der Waals surface area contributed by atoms with E-state index in [1.165, 1.54) is 0 Å². The number of aromatic nitrogens is 2. The molecule has 4 nitrogen and oxygen atoms in total. The number of H-pyrrole nitrogens is 1. The molecule has 0 spiro atoms. The average molecular weight is 239 g/mol. The van der Waals surface area contributed by atoms with Gasteiger partial charge in [-0.2, -0.15) is 5.10 Å². The number of terminal acetylenes is 1. The van der Waals surface area contributed by atoms with Crippen molar-refractivity contribution in [3.63, 3.8) is 0 Å². The highest BCUT2D eigenvalue weighted by Crippen LogP contribution is 2.18. The van der Waals surface area contributed by atoms with Gasteiger partial charge in [0.15, 0.2) is 0 Å². The molecule has 1 aromatic heterocycles. The van der Waals surface area contributed by atoms with E-state index in [0.717, 1.165) is 16.9 Å². The molecule has 0 saturated heterocycles. The van der Waals surface area contributed by atoms with E-state index in [1.807, 2.05) is 30.3 Å². The zero-order valence-electron chi connectivity index (χ0n) is 9.81. The van der Waals surface area contributed by atoms with Gasteiger partial charge in [0.2, 0.25) is 5.91 Å². The van der Waals surface area contributed by atoms with Gasteiger partial charge < -0.3 is 5.32 Å². The van der Waals surface area contributed by atoms with E-state index in [4.69, 9.17) is 6.42 Å². The number of anilines is 1. The fourth-order valence-corrected chi connectivity index (χ4v) is 1.56. The Morgan fingerprint density at radius 2 is 2.11 bits per heavy atom. The zero-order chi connectivity index (χ0) is 12.8. The summed E-state index contributed by atoms with van der Waals surface area (Å²) in [5, 5.41) is 9.56. The molecule has 2 N–H and O–H groups in total. The van der Waals surface area contributed by atoms with Crippen LogP contribution in [-0.2, 0) is 4.79 Å². The third-order valence-corrected chi connectivity index (χ3v) is 2.48. The normalized spacial score (nSPS) is 9.72. The summed E-state index contributed by atoms with van der Waals surface area (Å²) in [6.45, 7) is 0. The van der Waals surface area contributed by atoms with E-state index in [9.17, 15) is 4.79 Å². The first-order chi connectivity index (χ1) is 8.79. The van der Waals surface area contributed by atoms with Gasteiger partial charge >= 0.3 is 0 Å². The summed E-state index contributed by atoms with van der Waals surface area (Å²) in [5.41, 5.74) is 2.73. The number of hydrogen-bond donors (Lipinski definition) is 2. The van der Waals surface area contributed by atoms with Crippen molar-refractivity contribution in [3.8, 4) is 23.6 Å². The lowest BCUT2D eigenvalue weighted by Gasteiger charge is -2.04. The van der Waals surface area contributed by atoms with Crippen LogP contribution in [0.3, 0.4) is 0 Å². The fraction of sp³-hybridized carbons (Fsp3) is 0.143. The number of benzene rings is 1. The van der Waals surface area contributed by atoms with Crippen LogP contribution in [0, 0.1) is 12.3 Å². The van der Waals surface area contributed by atoms with Crippen molar-refractivity contribution in [2.45, 2.75) is 12.8 Å². The van der Waals surface area contributed by atoms with Crippen LogP contribution < -0.4 is 5.32 Å². The van der Waals surface area contributed by atoms with Crippen LogP contribution in [0.1, 0.15) is 12.8 Å². The van der Waals surface area contributed by atoms with Crippen molar-refractivity contribution in [1.29, 1.82) is 0 Å². The van der Waals surface area contributed by atoms with Crippen LogP contribution in [0.5, 0.6) is 0 Å². The van der Waals surface area contributed by atoms with Crippen LogP contribution in [0.15, 0.2) is 36.5 Å². The van der Waals surface area contributed by atoms with Gasteiger partial charge in [-0.1, -0.05) is 12.1 Å². The maximum absolute atomic E-state index is 11.5. The van der Waals surface area contributed by atoms with E-state index in [-0.39, 0.29) is 5.91 Å². The lowest BCUT2D eigenvalue weighted by molar-refractivity contribution is -0.116. The molecule has 0 fully saturated rings. The van der Waals surface area contributed by atoms with Crippen molar-refractivity contribution in [1.82, 2.24) is 10.2 Å². The van der Waals surface area contributed by atoms with Gasteiger partial charge in [-0.3, -0.25) is 9.89 Å². The molecule has 4 heteroatoms. The van der Waals surface area contributed by atoms with Crippen LogP contribution in [0.25, 0.3) is 11.3 Å². The van der Waals surface area contributed by atoms with Gasteiger partial charge in [-0.05, 0) is 23.8 Å². The smallest absolute Gasteiger partial charge is 0.225 e. The molecular weight excluding hydrogens is 226 g/mol. The molecule has 1 aromatic carbocycles. The van der Waals surface area contributed by atoms with Gasteiger partial charge in [0.25, 0.3) is 0 Å². The Labute approximate surface area is 105 Å². The summed E-state index contributed by atoms with van der Waals surface area (Å²) < 4.78 is 0. The Hall–Kier alpha value is -2.54. The third kappa shape index (κ3) is 2.98. The molecule has 0 atom stereocenters. The summed E-state index contributed by atoms with van der Waals surface area (Å²) in [4.78, 5) is 11.5. The Kier molecular flexibility index (Phi) is 3.77. The lowest BCUT2D eigenvalue weighted by Crippen LogP contribution is -2.10. The molecule has 2 rings (SSSR count). The summed E-state index contributed by atoms with van der Waals surface area (Å²) >= 11 is 0. The van der Waals surface area contributed by atoms with Crippen LogP contribution in [0.2, 0.25) is 0 Å². The monoisotopic (exact) mass is 239 g/mol. The Morgan fingerprint density at radius 1 is 1.33 bits per heavy atom. The number of carbonyl (C=O) groups excluding carboxylic acids is 1. The molecule has 90 valence electrons. The molecule has 0 aliphatic carbocycles. The van der Waals surface area contributed by atoms with Crippen molar-refractivity contribution in [3.05, 3.63) is 36.5 Å². The van der Waals surface area contributed by atoms with Crippen molar-refractivity contribution < 1.29 is 4.79 Å². The third-order valence-electron chi connectivity index (χ3n) is 2.48. The molecule has 0 unspecified atom stereocenters. The van der Waals surface area contributed by atoms with Crippen LogP contribution in [-0.4, -0.2) is 16.1 Å². The Morgan fingerprint density at radius 3 is 2.72 bits per heavy atom. The quantitative estimate of drug-likeness (QED) is 0.805. The first-order valence-electron chi connectivity index (χ1n) is 5.63. The number of hydrogen-bond acceptors (Lipinski definition) is 2. The lowest BCUT2D eigenvalue weighted by atomic mass is 10.1. The van der Waals surface area contributed by atoms with E-state index < -0.39 is 0 Å². The number of rotatable bonds is 4. The predicted molar refractivity (Wildman–Crippen MR) is 70.7 cm³/mol. The summed E-state index contributed by atoms with van der Waals surface area (Å²) in [5.74, 6) is 2.37. The minimum atomic E-state index is -0.0674. The van der Waals surface area contributed by atoms with Crippen molar-refractivity contribution in [2.24, 2.45) is 0 Å². The molecule has 1 heterocycles. The molecule has 0 radical (unpaired) electrons. The minimum absolute atomic E-state index is 0.0674. The number of nitrogens with zero attached hydrogens (tertiary/aromatic N) is 1. The highest BCUT2D eigenvalue weighted by Gasteiger charge is 2.02. The summed E-state index contributed by atoms with van der Waals surface area (Å²) in [7, 11) is 0. The second-order valence-corrected chi connectivity index (χ2v) is 3.80. The number of carbonyl (C=O) groups is 1. The molecular formula is C14H13N3O. The number of aromatic amines is 1. The van der Waals surface area contributed by atoms with E-state index >= 15 is 0 Å². The molecule has 0 saturated carbocycles. The van der Waals surface area contributed by atoms with Gasteiger partial charge in [-0.15, -0.1) is 12.3 Å². The zero-order valence-corrected chi connectivity index (χ0v) is 9.81. The first kappa shape index (κ1) is 11.9. The highest BCUT2D eigenvalue weighted by atomic mass is 16.1. The van der Waals surface area contributed by atoms with Gasteiger partial charge in [0, 0.05) is 24.7 Å². The topological polar surface area (TPSA) is 57.8 Å². The molecule has 0 aliphatic rings. The number of nitrogens with one attached hydrogen (secondary N) is 2. The highest BCUT2D eigenvalue weighted by molar-refractivity contribution is 5.91. The summed E-state index contributed by atoms with van der Waals surface area (Å²) in [6, 6.07) is 9.43. The van der Waals surface area contributed by atoms with Gasteiger partial charge in [0.1, 0.15) is 0 Å². The Balaban J connectivity index is 2.00. The largest absolute Gasteiger partial charge is 0.326 e. The SMILES string of the molecule is C#CCCC(=O)Nc1ccc(-c2ccn[nH]2)cc1. The minimum Gasteiger partial charge on any atom is -0.326 e. The second kappa shape index (κ2) is 5.69. The number of amides is 1. The standard InChI is InChI=1S/C14H13N3O/c1-2-3-4-14(18)16-12-7-5-11(6-8-12)13-9-10-15-17-13/h1,5-10H,3-4H2,(H,15,17)(H,16,18). The predicted octanol–water partition coefficient (Wildman–Crippen LogP) is 2.43. The van der Waals surface area contributed by atoms with E-state index in [0.29, 0.717) is 12.8 Å². The maximum atomic E-state index is 11.5. The maximum Gasteiger partial charge on any atom is 0.225 e. The van der Waals surface area contributed by atoms with E-state index in [2.05, 4.69) is 21.4 Å². The van der Waals surface area contributed by atoms with Gasteiger partial charge in [0.05, 0.1) is 5.69 Å². The molecule has 18 heavy (non-hydrogen) atoms. The molecule has 1 amide bonds. The summed E-state index contributed by atoms with van der Waals surface area (Å²) in [6.07, 6.45) is 7.61. The van der Waals surface area contributed by atoms with Crippen molar-refractivity contribution in [2.75, 3.05) is 5.32 Å². The van der Waals surface area contributed by atoms with Crippen molar-refractivity contribution >= 4 is 11.6 Å². The van der Waals surface area contributed by atoms with Gasteiger partial charge in [-0.25, -0.2) is 0 Å². The molecule has 0 aliphatic heterocycles. The van der Waals surface area contributed by atoms with Crippen LogP contribution >= 0.6 is 0 Å². The molecule has 0 bridgehead atoms. The Bertz CT molecular complexity index is 550. The average Bonchev–Trinajstić information content (AvgIpc) is 2.91.